The maximum atomic E-state index is 13.3. The predicted molar refractivity (Wildman–Crippen MR) is 125 cm³/mol. The molecular weight excluding hydrogens is 421 g/mol. The van der Waals surface area contributed by atoms with E-state index in [0.717, 1.165) is 30.6 Å². The number of nitrogens with one attached hydrogen (secondary N) is 1. The Morgan fingerprint density at radius 2 is 1.94 bits per heavy atom. The van der Waals surface area contributed by atoms with Crippen LogP contribution in [0.2, 0.25) is 0 Å². The van der Waals surface area contributed by atoms with Crippen molar-refractivity contribution in [1.82, 2.24) is 10.2 Å². The number of likely N-dealkylation sites (tertiary alicyclic amines) is 1. The number of fused-ring (bicyclic) bond motifs is 3. The third kappa shape index (κ3) is 4.36. The van der Waals surface area contributed by atoms with E-state index in [1.54, 1.807) is 4.90 Å². The SMILES string of the molecule is CN1c2ccc(C(=O)N3CC[C@H](C(=O)NCCF)C3)cc2C2CC(C3CCOCC3)CCC21. The summed E-state index contributed by atoms with van der Waals surface area (Å²) in [6, 6.07) is 6.71. The number of anilines is 1. The molecule has 1 aromatic carbocycles. The summed E-state index contributed by atoms with van der Waals surface area (Å²) in [5, 5.41) is 2.61. The van der Waals surface area contributed by atoms with Gasteiger partial charge in [0.2, 0.25) is 5.91 Å². The van der Waals surface area contributed by atoms with Crippen LogP contribution in [0.4, 0.5) is 10.1 Å². The maximum absolute atomic E-state index is 13.3. The second-order valence-corrected chi connectivity index (χ2v) is 10.3. The van der Waals surface area contributed by atoms with E-state index in [4.69, 9.17) is 4.74 Å². The second-order valence-electron chi connectivity index (χ2n) is 10.3. The average Bonchev–Trinajstić information content (AvgIpc) is 3.46. The first-order valence-electron chi connectivity index (χ1n) is 12.6. The van der Waals surface area contributed by atoms with Crippen LogP contribution in [-0.2, 0) is 9.53 Å². The van der Waals surface area contributed by atoms with Crippen molar-refractivity contribution in [2.24, 2.45) is 17.8 Å². The van der Waals surface area contributed by atoms with E-state index in [2.05, 4.69) is 29.4 Å². The number of nitrogens with zero attached hydrogens (tertiary/aromatic N) is 2. The second kappa shape index (κ2) is 9.61. The lowest BCUT2D eigenvalue weighted by Crippen LogP contribution is -2.37. The first-order valence-corrected chi connectivity index (χ1v) is 12.6. The van der Waals surface area contributed by atoms with Crippen LogP contribution < -0.4 is 10.2 Å². The fourth-order valence-corrected chi connectivity index (χ4v) is 6.74. The Morgan fingerprint density at radius 3 is 2.73 bits per heavy atom. The minimum atomic E-state index is -0.567. The quantitative estimate of drug-likeness (QED) is 0.737. The van der Waals surface area contributed by atoms with Crippen LogP contribution in [-0.4, -0.2) is 69.3 Å². The van der Waals surface area contributed by atoms with Crippen LogP contribution in [0, 0.1) is 17.8 Å². The number of amides is 2. The summed E-state index contributed by atoms with van der Waals surface area (Å²) in [6.07, 6.45) is 6.69. The largest absolute Gasteiger partial charge is 0.381 e. The number of likely N-dealkylation sites (N-methyl/N-ethyl adjacent to an activating group) is 1. The van der Waals surface area contributed by atoms with Crippen LogP contribution in [0.15, 0.2) is 18.2 Å². The van der Waals surface area contributed by atoms with E-state index in [-0.39, 0.29) is 24.3 Å². The molecule has 2 saturated heterocycles. The van der Waals surface area contributed by atoms with Crippen LogP contribution in [0.25, 0.3) is 0 Å². The van der Waals surface area contributed by atoms with Gasteiger partial charge in [-0.2, -0.15) is 0 Å². The highest BCUT2D eigenvalue weighted by Crippen LogP contribution is 2.51. The molecule has 3 aliphatic heterocycles. The van der Waals surface area contributed by atoms with E-state index in [1.807, 2.05) is 6.07 Å². The van der Waals surface area contributed by atoms with Gasteiger partial charge in [-0.15, -0.1) is 0 Å². The van der Waals surface area contributed by atoms with Crippen molar-refractivity contribution >= 4 is 17.5 Å². The number of benzene rings is 1. The fraction of sp³-hybridized carbons (Fsp3) is 0.692. The highest BCUT2D eigenvalue weighted by atomic mass is 19.1. The minimum absolute atomic E-state index is 0.00137. The smallest absolute Gasteiger partial charge is 0.253 e. The molecule has 1 N–H and O–H groups in total. The summed E-state index contributed by atoms with van der Waals surface area (Å²) >= 11 is 0. The molecule has 6 nitrogen and oxygen atoms in total. The van der Waals surface area contributed by atoms with Crippen molar-refractivity contribution in [3.05, 3.63) is 29.3 Å². The molecule has 1 aliphatic carbocycles. The highest BCUT2D eigenvalue weighted by molar-refractivity contribution is 5.96. The van der Waals surface area contributed by atoms with Gasteiger partial charge in [0.15, 0.2) is 0 Å². The summed E-state index contributed by atoms with van der Waals surface area (Å²) in [5.41, 5.74) is 3.31. The Labute approximate surface area is 195 Å². The van der Waals surface area contributed by atoms with E-state index < -0.39 is 6.67 Å². The Bertz CT molecular complexity index is 888. The van der Waals surface area contributed by atoms with Crippen LogP contribution in [0.1, 0.15) is 60.4 Å². The van der Waals surface area contributed by atoms with Gasteiger partial charge in [-0.3, -0.25) is 9.59 Å². The number of ether oxygens (including phenoxy) is 1. The van der Waals surface area contributed by atoms with Gasteiger partial charge >= 0.3 is 0 Å². The van der Waals surface area contributed by atoms with Crippen molar-refractivity contribution in [2.45, 2.75) is 50.5 Å². The molecule has 5 rings (SSSR count). The number of alkyl halides is 1. The van der Waals surface area contributed by atoms with Gasteiger partial charge in [0.1, 0.15) is 6.67 Å². The molecule has 3 heterocycles. The fourth-order valence-electron chi connectivity index (χ4n) is 6.74. The lowest BCUT2D eigenvalue weighted by atomic mass is 9.70. The number of carbonyl (C=O) groups is 2. The molecule has 7 heteroatoms. The Hall–Kier alpha value is -2.15. The molecule has 180 valence electrons. The first kappa shape index (κ1) is 22.6. The van der Waals surface area contributed by atoms with Crippen LogP contribution in [0.3, 0.4) is 0 Å². The molecule has 0 spiro atoms. The van der Waals surface area contributed by atoms with Crippen molar-refractivity contribution in [1.29, 1.82) is 0 Å². The van der Waals surface area contributed by atoms with Crippen molar-refractivity contribution in [2.75, 3.05) is 51.5 Å². The number of rotatable bonds is 5. The van der Waals surface area contributed by atoms with Crippen molar-refractivity contribution in [3.8, 4) is 0 Å². The first-order chi connectivity index (χ1) is 16.1. The van der Waals surface area contributed by atoms with E-state index >= 15 is 0 Å². The molecule has 3 unspecified atom stereocenters. The monoisotopic (exact) mass is 457 g/mol. The molecule has 1 saturated carbocycles. The molecule has 0 aromatic heterocycles. The number of hydrogen-bond acceptors (Lipinski definition) is 4. The number of hydrogen-bond donors (Lipinski definition) is 1. The van der Waals surface area contributed by atoms with Gasteiger partial charge in [0.05, 0.1) is 5.92 Å². The van der Waals surface area contributed by atoms with E-state index in [9.17, 15) is 14.0 Å². The third-order valence-electron chi connectivity index (χ3n) is 8.58. The van der Waals surface area contributed by atoms with Gasteiger partial charge in [-0.05, 0) is 74.1 Å². The van der Waals surface area contributed by atoms with Gasteiger partial charge in [-0.1, -0.05) is 0 Å². The number of carbonyl (C=O) groups excluding carboxylic acids is 2. The topological polar surface area (TPSA) is 61.9 Å². The molecule has 3 fully saturated rings. The number of halogens is 1. The summed E-state index contributed by atoms with van der Waals surface area (Å²) in [7, 11) is 2.20. The molecular formula is C26H36FN3O3. The zero-order valence-electron chi connectivity index (χ0n) is 19.6. The molecule has 0 radical (unpaired) electrons. The normalized spacial score (nSPS) is 29.6. The Kier molecular flexibility index (Phi) is 6.59. The van der Waals surface area contributed by atoms with E-state index in [1.165, 1.54) is 43.4 Å². The van der Waals surface area contributed by atoms with Gasteiger partial charge in [0.25, 0.3) is 5.91 Å². The standard InChI is InChI=1S/C26H36FN3O3/c1-29-23-4-2-18(17-7-12-33-13-8-17)14-21(23)22-15-19(3-5-24(22)29)26(32)30-11-6-20(16-30)25(31)28-10-9-27/h3,5,15,17-18,20-21,23H,2,4,6-14,16H2,1H3,(H,28,31)/t18?,20-,21?,23?/m0/s1. The van der Waals surface area contributed by atoms with Crippen molar-refractivity contribution < 1.29 is 18.7 Å². The maximum Gasteiger partial charge on any atom is 0.253 e. The lowest BCUT2D eigenvalue weighted by molar-refractivity contribution is -0.124. The van der Waals surface area contributed by atoms with Gasteiger partial charge in [0, 0.05) is 63.1 Å². The van der Waals surface area contributed by atoms with Crippen molar-refractivity contribution in [3.63, 3.8) is 0 Å². The molecule has 2 amide bonds. The lowest BCUT2D eigenvalue weighted by Gasteiger charge is -2.40. The summed E-state index contributed by atoms with van der Waals surface area (Å²) < 4.78 is 18.0. The Balaban J connectivity index is 1.29. The molecule has 4 aliphatic rings. The molecule has 33 heavy (non-hydrogen) atoms. The van der Waals surface area contributed by atoms with E-state index in [0.29, 0.717) is 31.5 Å². The zero-order chi connectivity index (χ0) is 22.9. The molecule has 1 aromatic rings. The van der Waals surface area contributed by atoms with Gasteiger partial charge < -0.3 is 19.9 Å². The summed E-state index contributed by atoms with van der Waals surface area (Å²) in [6.45, 7) is 2.24. The Morgan fingerprint density at radius 1 is 1.12 bits per heavy atom. The van der Waals surface area contributed by atoms with Crippen LogP contribution in [0.5, 0.6) is 0 Å². The van der Waals surface area contributed by atoms with Crippen LogP contribution >= 0.6 is 0 Å². The average molecular weight is 458 g/mol. The molecule has 0 bridgehead atoms. The highest BCUT2D eigenvalue weighted by Gasteiger charge is 2.43. The van der Waals surface area contributed by atoms with Gasteiger partial charge in [-0.25, -0.2) is 4.39 Å². The molecule has 4 atom stereocenters. The predicted octanol–water partition coefficient (Wildman–Crippen LogP) is 3.36. The zero-order valence-corrected chi connectivity index (χ0v) is 19.6. The third-order valence-corrected chi connectivity index (χ3v) is 8.58. The summed E-state index contributed by atoms with van der Waals surface area (Å²) in [4.78, 5) is 29.7. The summed E-state index contributed by atoms with van der Waals surface area (Å²) in [5.74, 6) is 1.60. The minimum Gasteiger partial charge on any atom is -0.381 e.